The van der Waals surface area contributed by atoms with Crippen molar-refractivity contribution in [3.05, 3.63) is 77.5 Å². The largest absolute Gasteiger partial charge is 0.497 e. The molecule has 0 radical (unpaired) electrons. The van der Waals surface area contributed by atoms with Crippen molar-refractivity contribution in [1.29, 1.82) is 0 Å². The molecule has 6 heteroatoms. The van der Waals surface area contributed by atoms with E-state index in [2.05, 4.69) is 16.9 Å². The lowest BCUT2D eigenvalue weighted by atomic mass is 10.1. The lowest BCUT2D eigenvalue weighted by Crippen LogP contribution is -2.28. The molecule has 3 rings (SSSR count). The van der Waals surface area contributed by atoms with Crippen molar-refractivity contribution in [2.24, 2.45) is 0 Å². The molecule has 0 bridgehead atoms. The summed E-state index contributed by atoms with van der Waals surface area (Å²) in [6, 6.07) is 10.2. The maximum absolute atomic E-state index is 12.8. The summed E-state index contributed by atoms with van der Waals surface area (Å²) in [6.07, 6.45) is 4.75. The highest BCUT2D eigenvalue weighted by Gasteiger charge is 2.15. The van der Waals surface area contributed by atoms with Gasteiger partial charge in [0.05, 0.1) is 7.11 Å². The van der Waals surface area contributed by atoms with Crippen LogP contribution in [-0.4, -0.2) is 22.6 Å². The average molecular weight is 335 g/mol. The third-order valence-corrected chi connectivity index (χ3v) is 3.80. The standard InChI is InChI=1S/C19H17N3O3/c1-3-10-22-17(18(23)21-14-6-8-20-9-7-14)12-13-11-15(25-2)4-5-16(13)19(22)24/h3-9,11-12H,1,10H2,2H3,(H,20,21,23). The number of anilines is 1. The number of rotatable bonds is 5. The first-order chi connectivity index (χ1) is 12.1. The Kier molecular flexibility index (Phi) is 4.61. The first-order valence-corrected chi connectivity index (χ1v) is 7.68. The van der Waals surface area contributed by atoms with Crippen molar-refractivity contribution in [3.8, 4) is 5.75 Å². The van der Waals surface area contributed by atoms with Crippen LogP contribution in [0.1, 0.15) is 10.5 Å². The molecule has 2 aromatic heterocycles. The monoisotopic (exact) mass is 335 g/mol. The van der Waals surface area contributed by atoms with Crippen LogP contribution >= 0.6 is 0 Å². The van der Waals surface area contributed by atoms with E-state index in [9.17, 15) is 9.59 Å². The van der Waals surface area contributed by atoms with Gasteiger partial charge in [0.2, 0.25) is 0 Å². The molecule has 25 heavy (non-hydrogen) atoms. The fourth-order valence-corrected chi connectivity index (χ4v) is 2.59. The number of carbonyl (C=O) groups is 1. The first kappa shape index (κ1) is 16.4. The molecule has 2 heterocycles. The van der Waals surface area contributed by atoms with Gasteiger partial charge in [-0.05, 0) is 41.8 Å². The summed E-state index contributed by atoms with van der Waals surface area (Å²) in [4.78, 5) is 29.4. The second-order valence-electron chi connectivity index (χ2n) is 5.38. The molecule has 0 aliphatic carbocycles. The van der Waals surface area contributed by atoms with Crippen LogP contribution in [-0.2, 0) is 6.54 Å². The highest BCUT2D eigenvalue weighted by atomic mass is 16.5. The van der Waals surface area contributed by atoms with Gasteiger partial charge in [-0.2, -0.15) is 0 Å². The second-order valence-corrected chi connectivity index (χ2v) is 5.38. The predicted molar refractivity (Wildman–Crippen MR) is 97.1 cm³/mol. The van der Waals surface area contributed by atoms with Crippen LogP contribution in [0.5, 0.6) is 5.75 Å². The summed E-state index contributed by atoms with van der Waals surface area (Å²) < 4.78 is 6.60. The second kappa shape index (κ2) is 7.00. The minimum atomic E-state index is -0.380. The number of allylic oxidation sites excluding steroid dienone is 1. The van der Waals surface area contributed by atoms with Crippen molar-refractivity contribution in [1.82, 2.24) is 9.55 Å². The minimum Gasteiger partial charge on any atom is -0.497 e. The number of ether oxygens (including phenoxy) is 1. The summed E-state index contributed by atoms with van der Waals surface area (Å²) in [5.41, 5.74) is 0.603. The lowest BCUT2D eigenvalue weighted by molar-refractivity contribution is 0.101. The van der Waals surface area contributed by atoms with E-state index in [1.165, 1.54) is 4.57 Å². The van der Waals surface area contributed by atoms with Crippen molar-refractivity contribution in [2.45, 2.75) is 6.54 Å². The molecule has 0 aliphatic heterocycles. The smallest absolute Gasteiger partial charge is 0.272 e. The number of nitrogens with zero attached hydrogens (tertiary/aromatic N) is 2. The van der Waals surface area contributed by atoms with Gasteiger partial charge in [-0.25, -0.2) is 0 Å². The van der Waals surface area contributed by atoms with E-state index in [1.54, 1.807) is 62.0 Å². The van der Waals surface area contributed by atoms with E-state index in [-0.39, 0.29) is 23.7 Å². The van der Waals surface area contributed by atoms with E-state index < -0.39 is 0 Å². The van der Waals surface area contributed by atoms with Gasteiger partial charge in [0.15, 0.2) is 0 Å². The highest BCUT2D eigenvalue weighted by molar-refractivity contribution is 6.05. The van der Waals surface area contributed by atoms with Crippen molar-refractivity contribution in [2.75, 3.05) is 12.4 Å². The number of hydrogen-bond acceptors (Lipinski definition) is 4. The topological polar surface area (TPSA) is 73.2 Å². The lowest BCUT2D eigenvalue weighted by Gasteiger charge is -2.13. The molecule has 0 saturated carbocycles. The number of carbonyl (C=O) groups excluding carboxylic acids is 1. The zero-order valence-electron chi connectivity index (χ0n) is 13.7. The Labute approximate surface area is 144 Å². The van der Waals surface area contributed by atoms with E-state index in [0.29, 0.717) is 22.2 Å². The Morgan fingerprint density at radius 2 is 2.04 bits per heavy atom. The van der Waals surface area contributed by atoms with Gasteiger partial charge in [-0.1, -0.05) is 6.08 Å². The Hall–Kier alpha value is -3.41. The van der Waals surface area contributed by atoms with Crippen LogP contribution in [0.3, 0.4) is 0 Å². The zero-order valence-corrected chi connectivity index (χ0v) is 13.7. The van der Waals surface area contributed by atoms with Gasteiger partial charge in [-0.15, -0.1) is 6.58 Å². The van der Waals surface area contributed by atoms with Crippen LogP contribution in [0.4, 0.5) is 5.69 Å². The molecule has 1 N–H and O–H groups in total. The van der Waals surface area contributed by atoms with Gasteiger partial charge in [0.25, 0.3) is 11.5 Å². The molecule has 3 aromatic rings. The Morgan fingerprint density at radius 3 is 2.72 bits per heavy atom. The van der Waals surface area contributed by atoms with Gasteiger partial charge >= 0.3 is 0 Å². The molecule has 1 aromatic carbocycles. The number of hydrogen-bond donors (Lipinski definition) is 1. The number of methoxy groups -OCH3 is 1. The predicted octanol–water partition coefficient (Wildman–Crippen LogP) is 2.84. The van der Waals surface area contributed by atoms with Crippen LogP contribution in [0.2, 0.25) is 0 Å². The maximum Gasteiger partial charge on any atom is 0.272 e. The fraction of sp³-hybridized carbons (Fsp3) is 0.105. The maximum atomic E-state index is 12.8. The van der Waals surface area contributed by atoms with Crippen molar-refractivity contribution < 1.29 is 9.53 Å². The number of aromatic nitrogens is 2. The van der Waals surface area contributed by atoms with Crippen LogP contribution in [0.15, 0.2) is 66.2 Å². The van der Waals surface area contributed by atoms with Crippen molar-refractivity contribution >= 4 is 22.4 Å². The quantitative estimate of drug-likeness (QED) is 0.728. The summed E-state index contributed by atoms with van der Waals surface area (Å²) in [6.45, 7) is 3.91. The van der Waals surface area contributed by atoms with Crippen molar-refractivity contribution in [3.63, 3.8) is 0 Å². The molecule has 6 nitrogen and oxygen atoms in total. The SMILES string of the molecule is C=CCn1c(C(=O)Nc2ccncc2)cc2cc(OC)ccc2c1=O. The van der Waals surface area contributed by atoms with E-state index in [4.69, 9.17) is 4.74 Å². The van der Waals surface area contributed by atoms with Crippen LogP contribution < -0.4 is 15.6 Å². The molecule has 0 aliphatic rings. The fourth-order valence-electron chi connectivity index (χ4n) is 2.59. The van der Waals surface area contributed by atoms with E-state index in [1.807, 2.05) is 0 Å². The number of nitrogens with one attached hydrogen (secondary N) is 1. The Bertz CT molecular complexity index is 994. The molecule has 0 fully saturated rings. The molecular formula is C19H17N3O3. The van der Waals surface area contributed by atoms with Crippen LogP contribution in [0, 0.1) is 0 Å². The minimum absolute atomic E-state index is 0.236. The third-order valence-electron chi connectivity index (χ3n) is 3.80. The van der Waals surface area contributed by atoms with Gasteiger partial charge < -0.3 is 10.1 Å². The zero-order chi connectivity index (χ0) is 17.8. The molecule has 0 saturated heterocycles. The van der Waals surface area contributed by atoms with Gasteiger partial charge in [0, 0.05) is 30.0 Å². The van der Waals surface area contributed by atoms with E-state index >= 15 is 0 Å². The number of amides is 1. The summed E-state index contributed by atoms with van der Waals surface area (Å²) in [5, 5.41) is 3.93. The Balaban J connectivity index is 2.14. The number of fused-ring (bicyclic) bond motifs is 1. The normalized spacial score (nSPS) is 10.4. The molecule has 0 spiro atoms. The molecule has 0 unspecified atom stereocenters. The summed E-state index contributed by atoms with van der Waals surface area (Å²) in [7, 11) is 1.55. The van der Waals surface area contributed by atoms with Gasteiger partial charge in [-0.3, -0.25) is 19.1 Å². The molecule has 1 amide bonds. The summed E-state index contributed by atoms with van der Waals surface area (Å²) >= 11 is 0. The summed E-state index contributed by atoms with van der Waals surface area (Å²) in [5.74, 6) is 0.240. The highest BCUT2D eigenvalue weighted by Crippen LogP contribution is 2.20. The van der Waals surface area contributed by atoms with Gasteiger partial charge in [0.1, 0.15) is 11.4 Å². The third kappa shape index (κ3) is 3.28. The molecule has 126 valence electrons. The van der Waals surface area contributed by atoms with E-state index in [0.717, 1.165) is 0 Å². The number of pyridine rings is 2. The molecular weight excluding hydrogens is 318 g/mol. The molecule has 0 atom stereocenters. The van der Waals surface area contributed by atoms with Crippen LogP contribution in [0.25, 0.3) is 10.8 Å². The average Bonchev–Trinajstić information content (AvgIpc) is 2.64. The first-order valence-electron chi connectivity index (χ1n) is 7.68. The Morgan fingerprint density at radius 1 is 1.28 bits per heavy atom. The number of benzene rings is 1.